The molecule has 0 spiro atoms. The molecule has 0 unspecified atom stereocenters. The van der Waals surface area contributed by atoms with Crippen molar-refractivity contribution < 1.29 is 0 Å². The topological polar surface area (TPSA) is 24.9 Å². The van der Waals surface area contributed by atoms with E-state index < -0.39 is 0 Å². The van der Waals surface area contributed by atoms with E-state index in [0.29, 0.717) is 0 Å². The van der Waals surface area contributed by atoms with E-state index in [-0.39, 0.29) is 0 Å². The third kappa shape index (κ3) is 2.11. The fourth-order valence-electron chi connectivity index (χ4n) is 1.47. The molecule has 74 valence electrons. The van der Waals surface area contributed by atoms with Gasteiger partial charge in [0.25, 0.3) is 0 Å². The molecule has 0 saturated carbocycles. The molecule has 0 saturated heterocycles. The van der Waals surface area contributed by atoms with Gasteiger partial charge in [0.15, 0.2) is 0 Å². The molecule has 1 aromatic heterocycles. The third-order valence-electron chi connectivity index (χ3n) is 2.24. The van der Waals surface area contributed by atoms with E-state index in [1.807, 2.05) is 5.51 Å². The molecule has 1 aromatic carbocycles. The van der Waals surface area contributed by atoms with Gasteiger partial charge >= 0.3 is 0 Å². The van der Waals surface area contributed by atoms with Crippen LogP contribution < -0.4 is 5.32 Å². The van der Waals surface area contributed by atoms with Crippen molar-refractivity contribution in [3.63, 3.8) is 0 Å². The highest BCUT2D eigenvalue weighted by molar-refractivity contribution is 7.16. The van der Waals surface area contributed by atoms with E-state index in [2.05, 4.69) is 35.4 Å². The maximum Gasteiger partial charge on any atom is 0.0814 e. The molecule has 0 atom stereocenters. The van der Waals surface area contributed by atoms with Crippen LogP contribution in [-0.4, -0.2) is 18.1 Å². The van der Waals surface area contributed by atoms with Gasteiger partial charge in [0, 0.05) is 0 Å². The summed E-state index contributed by atoms with van der Waals surface area (Å²) in [6, 6.07) is 6.54. The molecule has 2 rings (SSSR count). The number of thiazole rings is 1. The molecule has 0 bridgehead atoms. The first kappa shape index (κ1) is 9.62. The molecular weight excluding hydrogens is 192 g/mol. The normalized spacial score (nSPS) is 10.9. The highest BCUT2D eigenvalue weighted by atomic mass is 32.1. The Balaban J connectivity index is 2.10. The molecule has 14 heavy (non-hydrogen) atoms. The molecule has 2 nitrogen and oxygen atoms in total. The molecule has 2 aromatic rings. The van der Waals surface area contributed by atoms with E-state index in [9.17, 15) is 0 Å². The van der Waals surface area contributed by atoms with E-state index in [0.717, 1.165) is 25.0 Å². The van der Waals surface area contributed by atoms with Crippen LogP contribution in [0.5, 0.6) is 0 Å². The Morgan fingerprint density at radius 2 is 2.36 bits per heavy atom. The quantitative estimate of drug-likeness (QED) is 0.777. The maximum absolute atomic E-state index is 4.31. The third-order valence-corrected chi connectivity index (χ3v) is 3.05. The van der Waals surface area contributed by atoms with Gasteiger partial charge in [0.2, 0.25) is 0 Å². The number of rotatable bonds is 4. The van der Waals surface area contributed by atoms with Gasteiger partial charge in [-0.25, -0.2) is 4.98 Å². The first-order valence-corrected chi connectivity index (χ1v) is 5.81. The number of aromatic nitrogens is 1. The summed E-state index contributed by atoms with van der Waals surface area (Å²) in [7, 11) is 0. The van der Waals surface area contributed by atoms with E-state index in [4.69, 9.17) is 0 Å². The highest BCUT2D eigenvalue weighted by Crippen LogP contribution is 2.18. The molecule has 3 heteroatoms. The second kappa shape index (κ2) is 4.53. The van der Waals surface area contributed by atoms with Gasteiger partial charge in [0.05, 0.1) is 15.7 Å². The van der Waals surface area contributed by atoms with Gasteiger partial charge in [-0.2, -0.15) is 0 Å². The molecule has 1 N–H and O–H groups in total. The summed E-state index contributed by atoms with van der Waals surface area (Å²) in [5.74, 6) is 0. The Kier molecular flexibility index (Phi) is 3.11. The standard InChI is InChI=1S/C11H14N2S/c1-2-12-6-5-9-3-4-11-10(7-9)13-8-14-11/h3-4,7-8,12H,2,5-6H2,1H3. The zero-order valence-corrected chi connectivity index (χ0v) is 9.10. The second-order valence-electron chi connectivity index (χ2n) is 3.26. The number of benzene rings is 1. The summed E-state index contributed by atoms with van der Waals surface area (Å²) in [5.41, 5.74) is 4.40. The fraction of sp³-hybridized carbons (Fsp3) is 0.364. The van der Waals surface area contributed by atoms with Gasteiger partial charge < -0.3 is 5.32 Å². The minimum Gasteiger partial charge on any atom is -0.317 e. The van der Waals surface area contributed by atoms with Crippen LogP contribution in [0.1, 0.15) is 12.5 Å². The summed E-state index contributed by atoms with van der Waals surface area (Å²) in [4.78, 5) is 4.31. The first-order valence-electron chi connectivity index (χ1n) is 4.93. The van der Waals surface area contributed by atoms with Crippen LogP contribution in [0.2, 0.25) is 0 Å². The van der Waals surface area contributed by atoms with E-state index in [1.54, 1.807) is 11.3 Å². The summed E-state index contributed by atoms with van der Waals surface area (Å²) in [6.07, 6.45) is 1.08. The van der Waals surface area contributed by atoms with Crippen LogP contribution in [0.25, 0.3) is 10.2 Å². The van der Waals surface area contributed by atoms with Crippen molar-refractivity contribution in [1.29, 1.82) is 0 Å². The smallest absolute Gasteiger partial charge is 0.0814 e. The summed E-state index contributed by atoms with van der Waals surface area (Å²) in [6.45, 7) is 4.22. The Morgan fingerprint density at radius 3 is 3.21 bits per heavy atom. The molecule has 0 fully saturated rings. The molecule has 0 amide bonds. The van der Waals surface area contributed by atoms with Crippen molar-refractivity contribution in [2.24, 2.45) is 0 Å². The van der Waals surface area contributed by atoms with Gasteiger partial charge in [0.1, 0.15) is 0 Å². The summed E-state index contributed by atoms with van der Waals surface area (Å²) >= 11 is 1.70. The number of hydrogen-bond donors (Lipinski definition) is 1. The lowest BCUT2D eigenvalue weighted by Gasteiger charge is -2.01. The molecule has 0 radical (unpaired) electrons. The predicted octanol–water partition coefficient (Wildman–Crippen LogP) is 2.45. The predicted molar refractivity (Wildman–Crippen MR) is 61.9 cm³/mol. The van der Waals surface area contributed by atoms with Crippen molar-refractivity contribution >= 4 is 21.6 Å². The summed E-state index contributed by atoms with van der Waals surface area (Å²) < 4.78 is 1.28. The maximum atomic E-state index is 4.31. The summed E-state index contributed by atoms with van der Waals surface area (Å²) in [5, 5.41) is 3.32. The Morgan fingerprint density at radius 1 is 1.43 bits per heavy atom. The number of nitrogens with zero attached hydrogens (tertiary/aromatic N) is 1. The lowest BCUT2D eigenvalue weighted by atomic mass is 10.1. The number of likely N-dealkylation sites (N-methyl/N-ethyl adjacent to an activating group) is 1. The number of nitrogens with one attached hydrogen (secondary N) is 1. The average Bonchev–Trinajstić information content (AvgIpc) is 2.65. The Labute approximate surface area is 88.0 Å². The van der Waals surface area contributed by atoms with Crippen LogP contribution in [0, 0.1) is 0 Å². The van der Waals surface area contributed by atoms with Crippen LogP contribution in [0.4, 0.5) is 0 Å². The molecular formula is C11H14N2S. The highest BCUT2D eigenvalue weighted by Gasteiger charge is 1.98. The molecule has 0 aliphatic heterocycles. The second-order valence-corrected chi connectivity index (χ2v) is 4.14. The Hall–Kier alpha value is -0.930. The van der Waals surface area contributed by atoms with Crippen LogP contribution >= 0.6 is 11.3 Å². The largest absolute Gasteiger partial charge is 0.317 e. The van der Waals surface area contributed by atoms with Gasteiger partial charge in [-0.1, -0.05) is 13.0 Å². The van der Waals surface area contributed by atoms with Gasteiger partial charge in [-0.05, 0) is 37.2 Å². The fourth-order valence-corrected chi connectivity index (χ4v) is 2.13. The lowest BCUT2D eigenvalue weighted by molar-refractivity contribution is 0.717. The molecule has 0 aliphatic rings. The monoisotopic (exact) mass is 206 g/mol. The lowest BCUT2D eigenvalue weighted by Crippen LogP contribution is -2.15. The van der Waals surface area contributed by atoms with Gasteiger partial charge in [-0.15, -0.1) is 11.3 Å². The SMILES string of the molecule is CCNCCc1ccc2scnc2c1. The zero-order chi connectivity index (χ0) is 9.80. The van der Waals surface area contributed by atoms with E-state index >= 15 is 0 Å². The minimum atomic E-state index is 1.04. The Bertz CT molecular complexity index is 408. The van der Waals surface area contributed by atoms with Crippen molar-refractivity contribution in [2.75, 3.05) is 13.1 Å². The zero-order valence-electron chi connectivity index (χ0n) is 8.29. The molecule has 0 aliphatic carbocycles. The first-order chi connectivity index (χ1) is 6.90. The van der Waals surface area contributed by atoms with Crippen LogP contribution in [0.3, 0.4) is 0 Å². The van der Waals surface area contributed by atoms with Crippen molar-refractivity contribution in [3.8, 4) is 0 Å². The number of hydrogen-bond acceptors (Lipinski definition) is 3. The minimum absolute atomic E-state index is 1.04. The van der Waals surface area contributed by atoms with Crippen LogP contribution in [-0.2, 0) is 6.42 Å². The van der Waals surface area contributed by atoms with Crippen molar-refractivity contribution in [2.45, 2.75) is 13.3 Å². The van der Waals surface area contributed by atoms with Crippen LogP contribution in [0.15, 0.2) is 23.7 Å². The van der Waals surface area contributed by atoms with E-state index in [1.165, 1.54) is 10.3 Å². The average molecular weight is 206 g/mol. The number of fused-ring (bicyclic) bond motifs is 1. The van der Waals surface area contributed by atoms with Gasteiger partial charge in [-0.3, -0.25) is 0 Å². The van der Waals surface area contributed by atoms with Crippen molar-refractivity contribution in [1.82, 2.24) is 10.3 Å². The van der Waals surface area contributed by atoms with Crippen molar-refractivity contribution in [3.05, 3.63) is 29.3 Å². The molecule has 1 heterocycles.